The molecule has 0 spiro atoms. The lowest BCUT2D eigenvalue weighted by Gasteiger charge is -2.08. The van der Waals surface area contributed by atoms with Crippen LogP contribution in [0.3, 0.4) is 0 Å². The molecule has 148 valence electrons. The molecule has 0 fully saturated rings. The van der Waals surface area contributed by atoms with Crippen molar-refractivity contribution in [3.8, 4) is 17.0 Å². The van der Waals surface area contributed by atoms with Crippen LogP contribution >= 0.6 is 11.8 Å². The van der Waals surface area contributed by atoms with Crippen molar-refractivity contribution in [2.75, 3.05) is 12.4 Å². The van der Waals surface area contributed by atoms with Crippen molar-refractivity contribution < 1.29 is 24.5 Å². The number of hydrogen-bond donors (Lipinski definition) is 3. The zero-order chi connectivity index (χ0) is 20.8. The molecule has 3 N–H and O–H groups in total. The van der Waals surface area contributed by atoms with E-state index >= 15 is 0 Å². The normalized spacial score (nSPS) is 10.5. The number of thioether (sulfide) groups is 1. The van der Waals surface area contributed by atoms with Gasteiger partial charge in [0.25, 0.3) is 5.56 Å². The van der Waals surface area contributed by atoms with E-state index in [0.717, 1.165) is 17.7 Å². The highest BCUT2D eigenvalue weighted by molar-refractivity contribution is 7.99. The van der Waals surface area contributed by atoms with E-state index in [9.17, 15) is 14.4 Å². The zero-order valence-corrected chi connectivity index (χ0v) is 15.7. The zero-order valence-electron chi connectivity index (χ0n) is 14.9. The van der Waals surface area contributed by atoms with Gasteiger partial charge in [-0.25, -0.2) is 19.6 Å². The number of H-pyrrole nitrogens is 1. The van der Waals surface area contributed by atoms with Crippen molar-refractivity contribution in [2.45, 2.75) is 5.16 Å². The summed E-state index contributed by atoms with van der Waals surface area (Å²) in [4.78, 5) is 44.6. The number of aromatic nitrogens is 3. The molecule has 0 aliphatic heterocycles. The number of nitrogens with one attached hydrogen (secondary N) is 1. The molecule has 3 aromatic rings. The average Bonchev–Trinajstić information content (AvgIpc) is 2.71. The number of hydrogen-bond acceptors (Lipinski definition) is 7. The van der Waals surface area contributed by atoms with E-state index in [1.807, 2.05) is 30.3 Å². The minimum absolute atomic E-state index is 0.0786. The quantitative estimate of drug-likeness (QED) is 0.288. The Morgan fingerprint density at radius 2 is 1.66 bits per heavy atom. The van der Waals surface area contributed by atoms with Gasteiger partial charge in [-0.3, -0.25) is 4.79 Å². The van der Waals surface area contributed by atoms with Gasteiger partial charge in [-0.2, -0.15) is 0 Å². The molecule has 29 heavy (non-hydrogen) atoms. The van der Waals surface area contributed by atoms with Gasteiger partial charge in [0.05, 0.1) is 12.3 Å². The van der Waals surface area contributed by atoms with Gasteiger partial charge < -0.3 is 19.9 Å². The number of nitrogens with zero attached hydrogens (tertiary/aromatic N) is 2. The lowest BCUT2D eigenvalue weighted by atomic mass is 10.1. The first-order chi connectivity index (χ1) is 13.9. The maximum atomic E-state index is 11.9. The van der Waals surface area contributed by atoms with Gasteiger partial charge in [0.15, 0.2) is 16.5 Å². The van der Waals surface area contributed by atoms with Crippen molar-refractivity contribution in [1.82, 2.24) is 15.0 Å². The van der Waals surface area contributed by atoms with Crippen LogP contribution in [-0.4, -0.2) is 49.5 Å². The van der Waals surface area contributed by atoms with Crippen LogP contribution in [0, 0.1) is 0 Å². The molecular formula is C19H15N3O6S. The summed E-state index contributed by atoms with van der Waals surface area (Å²) in [5.41, 5.74) is 0.233. The van der Waals surface area contributed by atoms with Crippen LogP contribution in [0.2, 0.25) is 0 Å². The van der Waals surface area contributed by atoms with Gasteiger partial charge in [-0.05, 0) is 0 Å². The molecule has 0 saturated heterocycles. The molecule has 10 heteroatoms. The lowest BCUT2D eigenvalue weighted by molar-refractivity contribution is 0.0684. The van der Waals surface area contributed by atoms with E-state index in [4.69, 9.17) is 14.9 Å². The van der Waals surface area contributed by atoms with Crippen molar-refractivity contribution in [1.29, 1.82) is 0 Å². The maximum Gasteiger partial charge on any atom is 0.354 e. The number of aromatic carboxylic acids is 2. The van der Waals surface area contributed by atoms with Crippen LogP contribution in [0.4, 0.5) is 0 Å². The molecule has 0 atom stereocenters. The Balaban J connectivity index is 1.65. The molecule has 0 radical (unpaired) electrons. The Bertz CT molecular complexity index is 1070. The highest BCUT2D eigenvalue weighted by Crippen LogP contribution is 2.19. The second-order valence-electron chi connectivity index (χ2n) is 5.68. The summed E-state index contributed by atoms with van der Waals surface area (Å²) >= 11 is 1.24. The van der Waals surface area contributed by atoms with Gasteiger partial charge in [0, 0.05) is 29.5 Å². The number of carbonyl (C=O) groups is 2. The third kappa shape index (κ3) is 5.42. The van der Waals surface area contributed by atoms with Gasteiger partial charge in [0.1, 0.15) is 5.75 Å². The second kappa shape index (κ2) is 9.02. The number of benzene rings is 1. The number of ether oxygens (including phenoxy) is 1. The van der Waals surface area contributed by atoms with Crippen LogP contribution < -0.4 is 10.3 Å². The first-order valence-corrected chi connectivity index (χ1v) is 9.32. The summed E-state index contributed by atoms with van der Waals surface area (Å²) in [6.45, 7) is 0.131. The largest absolute Gasteiger partial charge is 0.493 e. The van der Waals surface area contributed by atoms with Gasteiger partial charge >= 0.3 is 11.9 Å². The van der Waals surface area contributed by atoms with Gasteiger partial charge in [0.2, 0.25) is 0 Å². The average molecular weight is 413 g/mol. The fraction of sp³-hybridized carbons (Fsp3) is 0.105. The van der Waals surface area contributed by atoms with Crippen LogP contribution in [0.1, 0.15) is 21.0 Å². The minimum Gasteiger partial charge on any atom is -0.493 e. The van der Waals surface area contributed by atoms with Crippen LogP contribution in [0.5, 0.6) is 5.75 Å². The second-order valence-corrected chi connectivity index (χ2v) is 6.77. The number of rotatable bonds is 8. The predicted octanol–water partition coefficient (Wildman–Crippen LogP) is 2.40. The van der Waals surface area contributed by atoms with E-state index in [0.29, 0.717) is 16.6 Å². The SMILES string of the molecule is O=C(O)c1cc(OCCSc2nc(-c3ccccc3)cc(=O)[nH]2)cc(C(=O)O)n1. The van der Waals surface area contributed by atoms with E-state index in [-0.39, 0.29) is 17.9 Å². The lowest BCUT2D eigenvalue weighted by Crippen LogP contribution is -2.10. The third-order valence-corrected chi connectivity index (χ3v) is 4.46. The van der Waals surface area contributed by atoms with E-state index in [1.54, 1.807) is 0 Å². The molecule has 0 aliphatic carbocycles. The number of carboxylic acid groups (broad SMARTS) is 2. The molecule has 2 heterocycles. The number of pyridine rings is 1. The molecule has 0 aliphatic rings. The van der Waals surface area contributed by atoms with Gasteiger partial charge in [-0.15, -0.1) is 0 Å². The van der Waals surface area contributed by atoms with E-state index in [2.05, 4.69) is 15.0 Å². The molecule has 2 aromatic heterocycles. The molecule has 3 rings (SSSR count). The summed E-state index contributed by atoms with van der Waals surface area (Å²) in [5.74, 6) is -2.25. The fourth-order valence-corrected chi connectivity index (χ4v) is 3.06. The van der Waals surface area contributed by atoms with Crippen LogP contribution in [0.15, 0.2) is 58.5 Å². The highest BCUT2D eigenvalue weighted by atomic mass is 32.2. The smallest absolute Gasteiger partial charge is 0.354 e. The summed E-state index contributed by atoms with van der Waals surface area (Å²) in [5, 5.41) is 18.5. The summed E-state index contributed by atoms with van der Waals surface area (Å²) in [6, 6.07) is 13.0. The topological polar surface area (TPSA) is 142 Å². The summed E-state index contributed by atoms with van der Waals surface area (Å²) in [7, 11) is 0. The van der Waals surface area contributed by atoms with Crippen LogP contribution in [-0.2, 0) is 0 Å². The summed E-state index contributed by atoms with van der Waals surface area (Å²) < 4.78 is 5.45. The van der Waals surface area contributed by atoms with Gasteiger partial charge in [-0.1, -0.05) is 42.1 Å². The van der Waals surface area contributed by atoms with Crippen molar-refractivity contribution in [3.05, 3.63) is 70.3 Å². The molecule has 9 nitrogen and oxygen atoms in total. The number of aromatic amines is 1. The molecular weight excluding hydrogens is 398 g/mol. The molecule has 0 amide bonds. The molecule has 0 bridgehead atoms. The molecule has 0 saturated carbocycles. The fourth-order valence-electron chi connectivity index (χ4n) is 2.37. The first kappa shape index (κ1) is 20.1. The standard InChI is InChI=1S/C19H15N3O6S/c23-16-10-13(11-4-2-1-3-5-11)21-19(22-16)29-7-6-28-12-8-14(17(24)25)20-15(9-12)18(26)27/h1-5,8-10H,6-7H2,(H,24,25)(H,26,27)(H,21,22,23). The Morgan fingerprint density at radius 1 is 1.00 bits per heavy atom. The summed E-state index contributed by atoms with van der Waals surface area (Å²) in [6.07, 6.45) is 0. The predicted molar refractivity (Wildman–Crippen MR) is 105 cm³/mol. The minimum atomic E-state index is -1.35. The Hall–Kier alpha value is -3.66. The van der Waals surface area contributed by atoms with Crippen LogP contribution in [0.25, 0.3) is 11.3 Å². The Kier molecular flexibility index (Phi) is 6.25. The van der Waals surface area contributed by atoms with Crippen molar-refractivity contribution in [2.24, 2.45) is 0 Å². The van der Waals surface area contributed by atoms with Crippen molar-refractivity contribution >= 4 is 23.7 Å². The number of carboxylic acids is 2. The monoisotopic (exact) mass is 413 g/mol. The molecule has 0 unspecified atom stereocenters. The first-order valence-electron chi connectivity index (χ1n) is 8.33. The van der Waals surface area contributed by atoms with E-state index in [1.165, 1.54) is 17.8 Å². The maximum absolute atomic E-state index is 11.9. The third-order valence-electron chi connectivity index (χ3n) is 3.62. The Morgan fingerprint density at radius 3 is 2.28 bits per heavy atom. The highest BCUT2D eigenvalue weighted by Gasteiger charge is 2.14. The molecule has 1 aromatic carbocycles. The Labute approximate surface area is 168 Å². The van der Waals surface area contributed by atoms with Crippen molar-refractivity contribution in [3.63, 3.8) is 0 Å². The van der Waals surface area contributed by atoms with E-state index < -0.39 is 23.3 Å².